The minimum Gasteiger partial charge on any atom is -0.449 e. The van der Waals surface area contributed by atoms with Gasteiger partial charge in [-0.15, -0.1) is 0 Å². The van der Waals surface area contributed by atoms with Crippen LogP contribution in [0.5, 0.6) is 0 Å². The summed E-state index contributed by atoms with van der Waals surface area (Å²) >= 11 is 0. The predicted octanol–water partition coefficient (Wildman–Crippen LogP) is 4.51. The third kappa shape index (κ3) is 5.93. The zero-order valence-electron chi connectivity index (χ0n) is 19.9. The Bertz CT molecular complexity index is 1110. The lowest BCUT2D eigenvalue weighted by Crippen LogP contribution is -2.29. The Morgan fingerprint density at radius 3 is 2.53 bits per heavy atom. The maximum Gasteiger partial charge on any atom is 0.411 e. The second-order valence-corrected chi connectivity index (χ2v) is 9.07. The molecule has 1 fully saturated rings. The average molecular weight is 468 g/mol. The van der Waals surface area contributed by atoms with Crippen molar-refractivity contribution >= 4 is 40.4 Å². The van der Waals surface area contributed by atoms with Crippen LogP contribution in [0.15, 0.2) is 30.6 Å². The van der Waals surface area contributed by atoms with E-state index >= 15 is 0 Å². The number of imidazole rings is 1. The molecule has 10 nitrogen and oxygen atoms in total. The Labute approximate surface area is 199 Å². The lowest BCUT2D eigenvalue weighted by atomic mass is 9.93. The van der Waals surface area contributed by atoms with Crippen LogP contribution in [0.2, 0.25) is 0 Å². The van der Waals surface area contributed by atoms with Crippen LogP contribution in [-0.4, -0.2) is 49.5 Å². The molecule has 34 heavy (non-hydrogen) atoms. The van der Waals surface area contributed by atoms with Gasteiger partial charge in [0.2, 0.25) is 5.95 Å². The van der Waals surface area contributed by atoms with Crippen LogP contribution < -0.4 is 16.0 Å². The van der Waals surface area contributed by atoms with E-state index in [0.29, 0.717) is 29.6 Å². The standard InChI is InChI=1S/C24H33N7O3/c1-4-31-14-25-20-21(29-23(30-22(20)31)27-17-9-11-19(32)12-10-17)26-16-5-7-18(8-6-16)28-24(33)34-13-15(2)3/h5-8,14-15,17,19,32H,4,9-13H2,1-3H3,(H,28,33)(H2,26,27,29,30)/t17-,19-. The number of aryl methyl sites for hydroxylation is 1. The highest BCUT2D eigenvalue weighted by molar-refractivity contribution is 5.87. The van der Waals surface area contributed by atoms with Gasteiger partial charge in [-0.2, -0.15) is 9.97 Å². The molecule has 2 heterocycles. The Morgan fingerprint density at radius 1 is 1.15 bits per heavy atom. The fourth-order valence-electron chi connectivity index (χ4n) is 3.90. The lowest BCUT2D eigenvalue weighted by molar-refractivity contribution is 0.126. The van der Waals surface area contributed by atoms with Crippen molar-refractivity contribution in [3.63, 3.8) is 0 Å². The number of hydrogen-bond donors (Lipinski definition) is 4. The summed E-state index contributed by atoms with van der Waals surface area (Å²) in [6, 6.07) is 7.55. The Morgan fingerprint density at radius 2 is 1.85 bits per heavy atom. The van der Waals surface area contributed by atoms with E-state index in [1.807, 2.05) is 37.5 Å². The van der Waals surface area contributed by atoms with Crippen molar-refractivity contribution in [3.8, 4) is 0 Å². The van der Waals surface area contributed by atoms with Crippen LogP contribution in [0.3, 0.4) is 0 Å². The molecule has 0 aliphatic heterocycles. The van der Waals surface area contributed by atoms with Gasteiger partial charge in [0.25, 0.3) is 0 Å². The first kappa shape index (κ1) is 23.7. The zero-order valence-corrected chi connectivity index (χ0v) is 19.9. The fraction of sp³-hybridized carbons (Fsp3) is 0.500. The van der Waals surface area contributed by atoms with Crippen molar-refractivity contribution < 1.29 is 14.6 Å². The molecule has 0 unspecified atom stereocenters. The number of fused-ring (bicyclic) bond motifs is 1. The van der Waals surface area contributed by atoms with Gasteiger partial charge in [0, 0.05) is 24.0 Å². The predicted molar refractivity (Wildman–Crippen MR) is 132 cm³/mol. The topological polar surface area (TPSA) is 126 Å². The minimum atomic E-state index is -0.469. The number of benzene rings is 1. The molecule has 1 aliphatic rings. The summed E-state index contributed by atoms with van der Waals surface area (Å²) in [6.45, 7) is 7.14. The van der Waals surface area contributed by atoms with E-state index in [9.17, 15) is 9.90 Å². The second kappa shape index (κ2) is 10.7. The number of aliphatic hydroxyl groups is 1. The summed E-state index contributed by atoms with van der Waals surface area (Å²) in [5, 5.41) is 19.3. The maximum absolute atomic E-state index is 11.9. The van der Waals surface area contributed by atoms with Crippen LogP contribution >= 0.6 is 0 Å². The van der Waals surface area contributed by atoms with Gasteiger partial charge in [0.05, 0.1) is 19.0 Å². The number of nitrogens with one attached hydrogen (secondary N) is 3. The number of hydrogen-bond acceptors (Lipinski definition) is 8. The summed E-state index contributed by atoms with van der Waals surface area (Å²) in [4.78, 5) is 25.8. The molecule has 0 bridgehead atoms. The summed E-state index contributed by atoms with van der Waals surface area (Å²) in [6.07, 6.45) is 4.41. The Hall–Kier alpha value is -3.40. The molecule has 182 valence electrons. The van der Waals surface area contributed by atoms with E-state index < -0.39 is 6.09 Å². The van der Waals surface area contributed by atoms with Crippen LogP contribution in [-0.2, 0) is 11.3 Å². The quantitative estimate of drug-likeness (QED) is 0.381. The van der Waals surface area contributed by atoms with Gasteiger partial charge in [-0.1, -0.05) is 13.8 Å². The van der Waals surface area contributed by atoms with Crippen molar-refractivity contribution in [2.75, 3.05) is 22.6 Å². The van der Waals surface area contributed by atoms with Gasteiger partial charge in [-0.05, 0) is 62.8 Å². The maximum atomic E-state index is 11.9. The highest BCUT2D eigenvalue weighted by Crippen LogP contribution is 2.27. The molecule has 0 radical (unpaired) electrons. The van der Waals surface area contributed by atoms with Gasteiger partial charge < -0.3 is 25.0 Å². The van der Waals surface area contributed by atoms with Gasteiger partial charge >= 0.3 is 6.09 Å². The summed E-state index contributed by atoms with van der Waals surface area (Å²) in [5.74, 6) is 1.42. The number of ether oxygens (including phenoxy) is 1. The molecule has 10 heteroatoms. The number of carbonyl (C=O) groups is 1. The number of aromatic nitrogens is 4. The van der Waals surface area contributed by atoms with Gasteiger partial charge in [-0.3, -0.25) is 5.32 Å². The number of aliphatic hydroxyl groups excluding tert-OH is 1. The third-order valence-electron chi connectivity index (χ3n) is 5.78. The largest absolute Gasteiger partial charge is 0.449 e. The number of carbonyl (C=O) groups excluding carboxylic acids is 1. The molecule has 0 atom stereocenters. The molecule has 3 aromatic rings. The highest BCUT2D eigenvalue weighted by atomic mass is 16.5. The monoisotopic (exact) mass is 467 g/mol. The van der Waals surface area contributed by atoms with E-state index in [-0.39, 0.29) is 18.1 Å². The van der Waals surface area contributed by atoms with Gasteiger partial charge in [-0.25, -0.2) is 9.78 Å². The van der Waals surface area contributed by atoms with E-state index in [4.69, 9.17) is 14.7 Å². The zero-order chi connectivity index (χ0) is 24.1. The van der Waals surface area contributed by atoms with E-state index in [1.165, 1.54) is 0 Å². The van der Waals surface area contributed by atoms with Crippen LogP contribution in [0.25, 0.3) is 11.2 Å². The van der Waals surface area contributed by atoms with Crippen LogP contribution in [0.1, 0.15) is 46.5 Å². The lowest BCUT2D eigenvalue weighted by Gasteiger charge is -2.26. The SMILES string of the molecule is CCn1cnc2c(Nc3ccc(NC(=O)OCC(C)C)cc3)nc(N[C@H]3CC[C@H](O)CC3)nc21. The van der Waals surface area contributed by atoms with Crippen LogP contribution in [0, 0.1) is 5.92 Å². The van der Waals surface area contributed by atoms with Crippen molar-refractivity contribution in [1.82, 2.24) is 19.5 Å². The molecule has 4 N–H and O–H groups in total. The van der Waals surface area contributed by atoms with Gasteiger partial charge in [0.15, 0.2) is 17.0 Å². The molecule has 4 rings (SSSR count). The summed E-state index contributed by atoms with van der Waals surface area (Å²) in [7, 11) is 0. The van der Waals surface area contributed by atoms with Crippen molar-refractivity contribution in [2.24, 2.45) is 5.92 Å². The van der Waals surface area contributed by atoms with Crippen molar-refractivity contribution in [3.05, 3.63) is 30.6 Å². The second-order valence-electron chi connectivity index (χ2n) is 9.07. The smallest absolute Gasteiger partial charge is 0.411 e. The molecule has 1 aromatic carbocycles. The van der Waals surface area contributed by atoms with Crippen LogP contribution in [0.4, 0.5) is 27.9 Å². The number of rotatable bonds is 8. The fourth-order valence-corrected chi connectivity index (χ4v) is 3.90. The number of amides is 1. The first-order valence-corrected chi connectivity index (χ1v) is 11.9. The molecule has 0 saturated heterocycles. The summed E-state index contributed by atoms with van der Waals surface area (Å²) < 4.78 is 7.14. The molecule has 1 aliphatic carbocycles. The normalized spacial score (nSPS) is 18.1. The minimum absolute atomic E-state index is 0.213. The molecule has 1 amide bonds. The average Bonchev–Trinajstić information content (AvgIpc) is 3.24. The number of nitrogens with zero attached hydrogens (tertiary/aromatic N) is 4. The number of anilines is 4. The Balaban J connectivity index is 1.50. The highest BCUT2D eigenvalue weighted by Gasteiger charge is 2.21. The molecule has 0 spiro atoms. The first-order valence-electron chi connectivity index (χ1n) is 11.9. The van der Waals surface area contributed by atoms with Crippen molar-refractivity contribution in [1.29, 1.82) is 0 Å². The van der Waals surface area contributed by atoms with E-state index in [2.05, 4.69) is 20.9 Å². The third-order valence-corrected chi connectivity index (χ3v) is 5.78. The van der Waals surface area contributed by atoms with Gasteiger partial charge in [0.1, 0.15) is 0 Å². The molecular formula is C24H33N7O3. The first-order chi connectivity index (χ1) is 16.4. The van der Waals surface area contributed by atoms with Crippen molar-refractivity contribution in [2.45, 2.75) is 65.1 Å². The molecule has 1 saturated carbocycles. The van der Waals surface area contributed by atoms with E-state index in [1.54, 1.807) is 18.5 Å². The summed E-state index contributed by atoms with van der Waals surface area (Å²) in [5.41, 5.74) is 2.89. The van der Waals surface area contributed by atoms with E-state index in [0.717, 1.165) is 43.6 Å². The Kier molecular flexibility index (Phi) is 7.46. The molecular weight excluding hydrogens is 434 g/mol. The molecule has 2 aromatic heterocycles.